The molecule has 7 nitrogen and oxygen atoms in total. The van der Waals surface area contributed by atoms with E-state index in [1.54, 1.807) is 10.6 Å². The number of halogens is 3. The van der Waals surface area contributed by atoms with E-state index >= 15 is 0 Å². The molecule has 0 aromatic heterocycles. The number of ether oxygens (including phenoxy) is 1. The maximum atomic E-state index is 14.1. The van der Waals surface area contributed by atoms with E-state index in [2.05, 4.69) is 0 Å². The van der Waals surface area contributed by atoms with Crippen LogP contribution >= 0.6 is 0 Å². The van der Waals surface area contributed by atoms with Crippen LogP contribution in [0.2, 0.25) is 0 Å². The summed E-state index contributed by atoms with van der Waals surface area (Å²) in [4.78, 5) is 39.0. The Morgan fingerprint density at radius 1 is 1.19 bits per heavy atom. The van der Waals surface area contributed by atoms with Gasteiger partial charge in [0, 0.05) is 11.6 Å². The highest BCUT2D eigenvalue weighted by atomic mass is 19.4. The van der Waals surface area contributed by atoms with Crippen molar-refractivity contribution in [3.05, 3.63) is 29.8 Å². The number of hydrogen-bond donors (Lipinski definition) is 2. The summed E-state index contributed by atoms with van der Waals surface area (Å²) in [5.41, 5.74) is -3.63. The average Bonchev–Trinajstić information content (AvgIpc) is 2.95. The van der Waals surface area contributed by atoms with Gasteiger partial charge < -0.3 is 10.1 Å². The normalized spacial score (nSPS) is 28.6. The van der Waals surface area contributed by atoms with Crippen LogP contribution in [0, 0.1) is 11.8 Å². The molecule has 2 fully saturated rings. The van der Waals surface area contributed by atoms with E-state index in [0.29, 0.717) is 23.5 Å². The third-order valence-corrected chi connectivity index (χ3v) is 6.26. The number of hydrogen-bond acceptors (Lipinski definition) is 4. The SMILES string of the molecule is CC(C)Oc1ccc(C(=O)N[C@@]2(C(F)(F)F)NC(=O)N([C@H]3CCC[C@H](C)[C@@H]3C)C2=O)cc1. The van der Waals surface area contributed by atoms with Crippen molar-refractivity contribution in [1.82, 2.24) is 15.5 Å². The van der Waals surface area contributed by atoms with Crippen LogP contribution in [0.25, 0.3) is 0 Å². The second-order valence-electron chi connectivity index (χ2n) is 8.83. The molecule has 4 amide bonds. The Labute approximate surface area is 184 Å². The summed E-state index contributed by atoms with van der Waals surface area (Å²) in [6.07, 6.45) is -3.37. The third kappa shape index (κ3) is 4.27. The largest absolute Gasteiger partial charge is 0.491 e. The molecule has 1 heterocycles. The van der Waals surface area contributed by atoms with Crippen molar-refractivity contribution in [2.75, 3.05) is 0 Å². The predicted octanol–water partition coefficient (Wildman–Crippen LogP) is 3.84. The Hall–Kier alpha value is -2.78. The maximum absolute atomic E-state index is 14.1. The molecule has 32 heavy (non-hydrogen) atoms. The lowest BCUT2D eigenvalue weighted by Crippen LogP contribution is -2.69. The van der Waals surface area contributed by atoms with Gasteiger partial charge in [0.15, 0.2) is 0 Å². The summed E-state index contributed by atoms with van der Waals surface area (Å²) in [5.74, 6) is -2.21. The molecule has 3 rings (SSSR count). The minimum absolute atomic E-state index is 0.107. The molecule has 176 valence electrons. The van der Waals surface area contributed by atoms with Gasteiger partial charge in [-0.3, -0.25) is 19.8 Å². The number of carbonyl (C=O) groups excluding carboxylic acids is 3. The van der Waals surface area contributed by atoms with Gasteiger partial charge in [-0.25, -0.2) is 4.79 Å². The average molecular weight is 455 g/mol. The predicted molar refractivity (Wildman–Crippen MR) is 110 cm³/mol. The van der Waals surface area contributed by atoms with Crippen LogP contribution in [0.3, 0.4) is 0 Å². The van der Waals surface area contributed by atoms with Gasteiger partial charge in [-0.1, -0.05) is 26.7 Å². The van der Waals surface area contributed by atoms with Crippen LogP contribution in [0.15, 0.2) is 24.3 Å². The quantitative estimate of drug-likeness (QED) is 0.661. The van der Waals surface area contributed by atoms with E-state index in [-0.39, 0.29) is 23.5 Å². The van der Waals surface area contributed by atoms with Crippen LogP contribution < -0.4 is 15.4 Å². The van der Waals surface area contributed by atoms with Crippen LogP contribution in [0.5, 0.6) is 5.75 Å². The zero-order valence-electron chi connectivity index (χ0n) is 18.5. The summed E-state index contributed by atoms with van der Waals surface area (Å²) < 4.78 is 47.9. The first-order valence-electron chi connectivity index (χ1n) is 10.7. The Morgan fingerprint density at radius 2 is 1.81 bits per heavy atom. The van der Waals surface area contributed by atoms with E-state index in [1.807, 2.05) is 27.7 Å². The van der Waals surface area contributed by atoms with Gasteiger partial charge in [0.05, 0.1) is 6.10 Å². The molecule has 0 unspecified atom stereocenters. The van der Waals surface area contributed by atoms with Gasteiger partial charge in [0.2, 0.25) is 0 Å². The molecule has 10 heteroatoms. The first kappa shape index (κ1) is 23.9. The number of benzene rings is 1. The molecule has 0 spiro atoms. The first-order chi connectivity index (χ1) is 14.9. The van der Waals surface area contributed by atoms with E-state index < -0.39 is 35.7 Å². The monoisotopic (exact) mass is 455 g/mol. The lowest BCUT2D eigenvalue weighted by Gasteiger charge is -2.38. The molecular weight excluding hydrogens is 427 g/mol. The fraction of sp³-hybridized carbons (Fsp3) is 0.591. The molecular formula is C22H28F3N3O4. The number of amides is 4. The second-order valence-corrected chi connectivity index (χ2v) is 8.83. The van der Waals surface area contributed by atoms with Crippen molar-refractivity contribution in [1.29, 1.82) is 0 Å². The van der Waals surface area contributed by atoms with Crippen molar-refractivity contribution < 1.29 is 32.3 Å². The Bertz CT molecular complexity index is 887. The molecule has 2 aliphatic rings. The zero-order valence-corrected chi connectivity index (χ0v) is 18.5. The van der Waals surface area contributed by atoms with Gasteiger partial charge >= 0.3 is 12.2 Å². The van der Waals surface area contributed by atoms with Crippen molar-refractivity contribution in [3.63, 3.8) is 0 Å². The number of rotatable bonds is 5. The topological polar surface area (TPSA) is 87.7 Å². The van der Waals surface area contributed by atoms with Crippen LogP contribution in [-0.4, -0.2) is 46.7 Å². The third-order valence-electron chi connectivity index (χ3n) is 6.26. The highest BCUT2D eigenvalue weighted by Gasteiger charge is 2.69. The number of carbonyl (C=O) groups is 3. The van der Waals surface area contributed by atoms with Crippen LogP contribution in [-0.2, 0) is 4.79 Å². The standard InChI is InChI=1S/C22H28F3N3O4/c1-12(2)32-16-10-8-15(9-11-16)18(29)26-21(22(23,24)25)19(30)28(20(31)27-21)17-7-5-6-13(3)14(17)4/h8-14,17H,5-7H2,1-4H3,(H,26,29)(H,27,31)/t13-,14-,17-,21+/m0/s1. The van der Waals surface area contributed by atoms with Gasteiger partial charge in [-0.05, 0) is 56.4 Å². The van der Waals surface area contributed by atoms with Crippen molar-refractivity contribution in [2.45, 2.75) is 70.9 Å². The number of nitrogens with one attached hydrogen (secondary N) is 2. The van der Waals surface area contributed by atoms with E-state index in [4.69, 9.17) is 4.74 Å². The fourth-order valence-electron chi connectivity index (χ4n) is 4.31. The van der Waals surface area contributed by atoms with Crippen molar-refractivity contribution in [3.8, 4) is 5.75 Å². The van der Waals surface area contributed by atoms with Crippen molar-refractivity contribution in [2.24, 2.45) is 11.8 Å². The highest BCUT2D eigenvalue weighted by Crippen LogP contribution is 2.39. The number of urea groups is 1. The molecule has 1 saturated carbocycles. The van der Waals surface area contributed by atoms with Gasteiger partial charge in [-0.2, -0.15) is 13.2 Å². The zero-order chi connectivity index (χ0) is 23.8. The van der Waals surface area contributed by atoms with E-state index in [9.17, 15) is 27.6 Å². The number of alkyl halides is 3. The second kappa shape index (κ2) is 8.63. The van der Waals surface area contributed by atoms with E-state index in [1.165, 1.54) is 24.3 Å². The van der Waals surface area contributed by atoms with Gasteiger partial charge in [0.1, 0.15) is 5.75 Å². The Balaban J connectivity index is 1.88. The molecule has 2 N–H and O–H groups in total. The van der Waals surface area contributed by atoms with Crippen LogP contribution in [0.1, 0.15) is 57.3 Å². The maximum Gasteiger partial charge on any atom is 0.440 e. The molecule has 1 aliphatic heterocycles. The summed E-state index contributed by atoms with van der Waals surface area (Å²) in [5, 5.41) is 3.49. The fourth-order valence-corrected chi connectivity index (χ4v) is 4.31. The first-order valence-corrected chi connectivity index (χ1v) is 10.7. The number of imide groups is 1. The molecule has 1 aromatic rings. The Morgan fingerprint density at radius 3 is 2.38 bits per heavy atom. The molecule has 0 radical (unpaired) electrons. The Kier molecular flexibility index (Phi) is 6.44. The molecule has 1 saturated heterocycles. The lowest BCUT2D eigenvalue weighted by atomic mass is 9.77. The minimum atomic E-state index is -5.24. The highest BCUT2D eigenvalue weighted by molar-refractivity contribution is 6.10. The van der Waals surface area contributed by atoms with Crippen molar-refractivity contribution >= 4 is 17.8 Å². The molecule has 4 atom stereocenters. The molecule has 1 aliphatic carbocycles. The smallest absolute Gasteiger partial charge is 0.440 e. The summed E-state index contributed by atoms with van der Waals surface area (Å²) in [7, 11) is 0. The van der Waals surface area contributed by atoms with E-state index in [0.717, 1.165) is 6.42 Å². The summed E-state index contributed by atoms with van der Waals surface area (Å²) in [6, 6.07) is 3.66. The van der Waals surface area contributed by atoms with Gasteiger partial charge in [0.25, 0.3) is 17.5 Å². The molecule has 0 bridgehead atoms. The van der Waals surface area contributed by atoms with Gasteiger partial charge in [-0.15, -0.1) is 0 Å². The molecule has 1 aromatic carbocycles. The number of nitrogens with zero attached hydrogens (tertiary/aromatic N) is 1. The lowest BCUT2D eigenvalue weighted by molar-refractivity contribution is -0.201. The minimum Gasteiger partial charge on any atom is -0.491 e. The van der Waals surface area contributed by atoms with Crippen LogP contribution in [0.4, 0.5) is 18.0 Å². The summed E-state index contributed by atoms with van der Waals surface area (Å²) >= 11 is 0. The summed E-state index contributed by atoms with van der Waals surface area (Å²) in [6.45, 7) is 7.38.